The maximum Gasteiger partial charge on any atom is 0.253 e. The van der Waals surface area contributed by atoms with E-state index in [-0.39, 0.29) is 5.91 Å². The SMILES string of the molecule is CN(C(=O)c1ccc(N)cc1)C1CCN(Cc2ccccc2)CC1. The number of hydrogen-bond acceptors (Lipinski definition) is 3. The molecule has 0 aromatic heterocycles. The van der Waals surface area contributed by atoms with E-state index in [2.05, 4.69) is 29.2 Å². The predicted molar refractivity (Wildman–Crippen MR) is 97.7 cm³/mol. The molecule has 0 atom stereocenters. The molecule has 1 heterocycles. The number of rotatable bonds is 4. The molecule has 1 aliphatic heterocycles. The molecule has 0 saturated carbocycles. The second-order valence-electron chi connectivity index (χ2n) is 6.53. The monoisotopic (exact) mass is 323 g/mol. The Balaban J connectivity index is 1.54. The van der Waals surface area contributed by atoms with Crippen molar-refractivity contribution in [1.82, 2.24) is 9.80 Å². The molecule has 1 amide bonds. The first-order valence-corrected chi connectivity index (χ1v) is 8.52. The first kappa shape index (κ1) is 16.5. The highest BCUT2D eigenvalue weighted by Crippen LogP contribution is 2.19. The highest BCUT2D eigenvalue weighted by atomic mass is 16.2. The summed E-state index contributed by atoms with van der Waals surface area (Å²) in [6, 6.07) is 18.0. The Morgan fingerprint density at radius 3 is 2.33 bits per heavy atom. The molecule has 4 heteroatoms. The number of carbonyl (C=O) groups excluding carboxylic acids is 1. The van der Waals surface area contributed by atoms with E-state index in [1.165, 1.54) is 5.56 Å². The summed E-state index contributed by atoms with van der Waals surface area (Å²) in [5.41, 5.74) is 8.43. The van der Waals surface area contributed by atoms with Crippen molar-refractivity contribution in [2.75, 3.05) is 25.9 Å². The van der Waals surface area contributed by atoms with Crippen LogP contribution in [0.4, 0.5) is 5.69 Å². The lowest BCUT2D eigenvalue weighted by Gasteiger charge is -2.36. The van der Waals surface area contributed by atoms with Gasteiger partial charge in [0.05, 0.1) is 0 Å². The van der Waals surface area contributed by atoms with E-state index in [4.69, 9.17) is 5.73 Å². The number of nitrogens with zero attached hydrogens (tertiary/aromatic N) is 2. The van der Waals surface area contributed by atoms with Gasteiger partial charge < -0.3 is 10.6 Å². The van der Waals surface area contributed by atoms with Crippen molar-refractivity contribution in [2.24, 2.45) is 0 Å². The van der Waals surface area contributed by atoms with Crippen molar-refractivity contribution in [1.29, 1.82) is 0 Å². The fraction of sp³-hybridized carbons (Fsp3) is 0.350. The Hall–Kier alpha value is -2.33. The Labute approximate surface area is 143 Å². The lowest BCUT2D eigenvalue weighted by atomic mass is 10.0. The van der Waals surface area contributed by atoms with Gasteiger partial charge in [0.2, 0.25) is 0 Å². The van der Waals surface area contributed by atoms with Gasteiger partial charge in [0.25, 0.3) is 5.91 Å². The van der Waals surface area contributed by atoms with Gasteiger partial charge in [-0.2, -0.15) is 0 Å². The van der Waals surface area contributed by atoms with Crippen molar-refractivity contribution in [3.63, 3.8) is 0 Å². The van der Waals surface area contributed by atoms with E-state index in [0.717, 1.165) is 32.5 Å². The normalized spacial score (nSPS) is 16.0. The Bertz CT molecular complexity index is 661. The predicted octanol–water partition coefficient (Wildman–Crippen LogP) is 3.01. The number of carbonyl (C=O) groups is 1. The minimum atomic E-state index is 0.0801. The van der Waals surface area contributed by atoms with Crippen LogP contribution in [0.5, 0.6) is 0 Å². The van der Waals surface area contributed by atoms with Crippen LogP contribution in [0.1, 0.15) is 28.8 Å². The Morgan fingerprint density at radius 2 is 1.71 bits per heavy atom. The zero-order valence-electron chi connectivity index (χ0n) is 14.2. The van der Waals surface area contributed by atoms with Crippen LogP contribution in [-0.2, 0) is 6.54 Å². The van der Waals surface area contributed by atoms with Gasteiger partial charge in [-0.1, -0.05) is 30.3 Å². The molecule has 1 aliphatic rings. The average Bonchev–Trinajstić information content (AvgIpc) is 2.63. The summed E-state index contributed by atoms with van der Waals surface area (Å²) in [6.45, 7) is 3.04. The number of likely N-dealkylation sites (tertiary alicyclic amines) is 1. The molecular formula is C20H25N3O. The summed E-state index contributed by atoms with van der Waals surface area (Å²) in [5.74, 6) is 0.0801. The molecule has 1 saturated heterocycles. The molecule has 0 spiro atoms. The summed E-state index contributed by atoms with van der Waals surface area (Å²) in [4.78, 5) is 17.0. The number of piperidine rings is 1. The number of hydrogen-bond donors (Lipinski definition) is 1. The fourth-order valence-corrected chi connectivity index (χ4v) is 3.30. The maximum absolute atomic E-state index is 12.6. The van der Waals surface area contributed by atoms with Gasteiger partial charge in [0.1, 0.15) is 0 Å². The Kier molecular flexibility index (Phi) is 5.16. The summed E-state index contributed by atoms with van der Waals surface area (Å²) in [5, 5.41) is 0. The zero-order valence-corrected chi connectivity index (χ0v) is 14.2. The van der Waals surface area contributed by atoms with E-state index < -0.39 is 0 Å². The van der Waals surface area contributed by atoms with Crippen molar-refractivity contribution < 1.29 is 4.79 Å². The van der Waals surface area contributed by atoms with E-state index in [1.54, 1.807) is 24.3 Å². The fourth-order valence-electron chi connectivity index (χ4n) is 3.30. The number of benzene rings is 2. The van der Waals surface area contributed by atoms with Gasteiger partial charge in [-0.3, -0.25) is 9.69 Å². The van der Waals surface area contributed by atoms with Crippen LogP contribution < -0.4 is 5.73 Å². The van der Waals surface area contributed by atoms with Crippen LogP contribution in [-0.4, -0.2) is 41.9 Å². The van der Waals surface area contributed by atoms with Gasteiger partial charge in [0.15, 0.2) is 0 Å². The molecule has 4 nitrogen and oxygen atoms in total. The van der Waals surface area contributed by atoms with E-state index in [0.29, 0.717) is 17.3 Å². The zero-order chi connectivity index (χ0) is 16.9. The van der Waals surface area contributed by atoms with Crippen LogP contribution >= 0.6 is 0 Å². The third-order valence-electron chi connectivity index (χ3n) is 4.83. The lowest BCUT2D eigenvalue weighted by Crippen LogP contribution is -2.45. The van der Waals surface area contributed by atoms with E-state index in [1.807, 2.05) is 18.0 Å². The van der Waals surface area contributed by atoms with E-state index >= 15 is 0 Å². The molecule has 24 heavy (non-hydrogen) atoms. The largest absolute Gasteiger partial charge is 0.399 e. The highest BCUT2D eigenvalue weighted by Gasteiger charge is 2.25. The summed E-state index contributed by atoms with van der Waals surface area (Å²) >= 11 is 0. The summed E-state index contributed by atoms with van der Waals surface area (Å²) in [7, 11) is 1.91. The molecule has 0 unspecified atom stereocenters. The molecule has 2 N–H and O–H groups in total. The van der Waals surface area contributed by atoms with Crippen LogP contribution in [0.25, 0.3) is 0 Å². The smallest absolute Gasteiger partial charge is 0.253 e. The molecule has 0 aliphatic carbocycles. The van der Waals surface area contributed by atoms with Crippen LogP contribution in [0, 0.1) is 0 Å². The number of nitrogens with two attached hydrogens (primary N) is 1. The number of amides is 1. The number of nitrogen functional groups attached to an aromatic ring is 1. The van der Waals surface area contributed by atoms with Gasteiger partial charge in [0, 0.05) is 44.0 Å². The van der Waals surface area contributed by atoms with Crippen molar-refractivity contribution >= 4 is 11.6 Å². The second kappa shape index (κ2) is 7.49. The van der Waals surface area contributed by atoms with Crippen LogP contribution in [0.2, 0.25) is 0 Å². The average molecular weight is 323 g/mol. The number of anilines is 1. The third-order valence-corrected chi connectivity index (χ3v) is 4.83. The third kappa shape index (κ3) is 3.95. The first-order chi connectivity index (χ1) is 11.6. The molecule has 0 bridgehead atoms. The molecule has 126 valence electrons. The van der Waals surface area contributed by atoms with Gasteiger partial charge in [-0.05, 0) is 42.7 Å². The standard InChI is InChI=1S/C20H25N3O/c1-22(20(24)17-7-9-18(21)10-8-17)19-11-13-23(14-12-19)15-16-5-3-2-4-6-16/h2-10,19H,11-15,21H2,1H3. The van der Waals surface area contributed by atoms with Crippen LogP contribution in [0.15, 0.2) is 54.6 Å². The van der Waals surface area contributed by atoms with Crippen molar-refractivity contribution in [2.45, 2.75) is 25.4 Å². The maximum atomic E-state index is 12.6. The lowest BCUT2D eigenvalue weighted by molar-refractivity contribution is 0.0636. The van der Waals surface area contributed by atoms with E-state index in [9.17, 15) is 4.79 Å². The minimum Gasteiger partial charge on any atom is -0.399 e. The van der Waals surface area contributed by atoms with Crippen molar-refractivity contribution in [3.8, 4) is 0 Å². The quantitative estimate of drug-likeness (QED) is 0.880. The molecule has 2 aromatic carbocycles. The molecule has 2 aromatic rings. The highest BCUT2D eigenvalue weighted by molar-refractivity contribution is 5.94. The molecule has 1 fully saturated rings. The van der Waals surface area contributed by atoms with Crippen LogP contribution in [0.3, 0.4) is 0 Å². The van der Waals surface area contributed by atoms with Gasteiger partial charge in [-0.15, -0.1) is 0 Å². The minimum absolute atomic E-state index is 0.0801. The second-order valence-corrected chi connectivity index (χ2v) is 6.53. The van der Waals surface area contributed by atoms with Gasteiger partial charge >= 0.3 is 0 Å². The van der Waals surface area contributed by atoms with Gasteiger partial charge in [-0.25, -0.2) is 0 Å². The summed E-state index contributed by atoms with van der Waals surface area (Å²) < 4.78 is 0. The first-order valence-electron chi connectivity index (χ1n) is 8.52. The molecule has 0 radical (unpaired) electrons. The molecule has 3 rings (SSSR count). The molecular weight excluding hydrogens is 298 g/mol. The Morgan fingerprint density at radius 1 is 1.08 bits per heavy atom. The topological polar surface area (TPSA) is 49.6 Å². The summed E-state index contributed by atoms with van der Waals surface area (Å²) in [6.07, 6.45) is 2.04. The van der Waals surface area contributed by atoms with Crippen molar-refractivity contribution in [3.05, 3.63) is 65.7 Å².